The second-order valence-electron chi connectivity index (χ2n) is 10.7. The van der Waals surface area contributed by atoms with Crippen LogP contribution in [0.4, 0.5) is 0 Å². The Morgan fingerprint density at radius 2 is 1.72 bits per heavy atom. The lowest BCUT2D eigenvalue weighted by Gasteiger charge is -2.42. The van der Waals surface area contributed by atoms with Crippen LogP contribution < -0.4 is 0 Å². The molecule has 0 aromatic rings. The lowest BCUT2D eigenvalue weighted by molar-refractivity contribution is 0.0660. The van der Waals surface area contributed by atoms with Gasteiger partial charge in [0.25, 0.3) is 0 Å². The van der Waals surface area contributed by atoms with E-state index in [-0.39, 0.29) is 6.10 Å². The van der Waals surface area contributed by atoms with E-state index < -0.39 is 5.60 Å². The molecule has 3 aliphatic rings. The molecule has 3 fully saturated rings. The molecule has 3 aliphatic carbocycles. The van der Waals surface area contributed by atoms with Crippen LogP contribution in [0.3, 0.4) is 0 Å². The minimum Gasteiger partial charge on any atom is -0.390 e. The second kappa shape index (κ2) is 13.8. The number of rotatable bonds is 6. The molecule has 0 bridgehead atoms. The summed E-state index contributed by atoms with van der Waals surface area (Å²) in [7, 11) is 0. The molecule has 0 aromatic carbocycles. The normalized spacial score (nSPS) is 32.7. The Kier molecular flexibility index (Phi) is 12.5. The predicted molar refractivity (Wildman–Crippen MR) is 141 cm³/mol. The Morgan fingerprint density at radius 3 is 2.34 bits per heavy atom. The van der Waals surface area contributed by atoms with Gasteiger partial charge in [0.05, 0.1) is 11.7 Å². The van der Waals surface area contributed by atoms with E-state index in [0.29, 0.717) is 5.41 Å². The van der Waals surface area contributed by atoms with Crippen molar-refractivity contribution in [3.05, 3.63) is 35.5 Å². The van der Waals surface area contributed by atoms with E-state index in [0.717, 1.165) is 49.5 Å². The predicted octanol–water partition coefficient (Wildman–Crippen LogP) is 8.54. The average Bonchev–Trinajstić information content (AvgIpc) is 3.11. The van der Waals surface area contributed by atoms with Gasteiger partial charge in [0.15, 0.2) is 0 Å². The Morgan fingerprint density at radius 1 is 1.03 bits per heavy atom. The molecule has 0 aliphatic heterocycles. The highest BCUT2D eigenvalue weighted by Crippen LogP contribution is 2.58. The van der Waals surface area contributed by atoms with E-state index in [1.54, 1.807) is 5.57 Å². The summed E-state index contributed by atoms with van der Waals surface area (Å²) < 4.78 is 0. The number of allylic oxidation sites excluding steroid dienone is 3. The van der Waals surface area contributed by atoms with E-state index in [1.807, 2.05) is 41.5 Å². The summed E-state index contributed by atoms with van der Waals surface area (Å²) in [6.45, 7) is 18.4. The maximum atomic E-state index is 10.1. The fourth-order valence-corrected chi connectivity index (χ4v) is 6.13. The number of aliphatic hydroxyl groups is 2. The van der Waals surface area contributed by atoms with Gasteiger partial charge in [0.2, 0.25) is 0 Å². The van der Waals surface area contributed by atoms with Crippen molar-refractivity contribution >= 4 is 0 Å². The smallest absolute Gasteiger partial charge is 0.0784 e. The Hall–Kier alpha value is -0.860. The first-order valence-corrected chi connectivity index (χ1v) is 13.7. The first-order chi connectivity index (χ1) is 15.2. The number of hydrogen-bond donors (Lipinski definition) is 2. The molecule has 2 nitrogen and oxygen atoms in total. The second-order valence-corrected chi connectivity index (χ2v) is 10.7. The number of aliphatic hydroxyl groups excluding tert-OH is 1. The van der Waals surface area contributed by atoms with Gasteiger partial charge in [0, 0.05) is 0 Å². The van der Waals surface area contributed by atoms with Crippen molar-refractivity contribution < 1.29 is 10.2 Å². The molecule has 0 aromatic heterocycles. The third-order valence-corrected chi connectivity index (χ3v) is 7.98. The molecule has 2 heteroatoms. The van der Waals surface area contributed by atoms with Crippen LogP contribution in [0.5, 0.6) is 0 Å². The molecule has 2 unspecified atom stereocenters. The van der Waals surface area contributed by atoms with Crippen molar-refractivity contribution in [1.29, 1.82) is 0 Å². The fraction of sp³-hybridized carbons (Fsp3) is 0.800. The molecule has 2 N–H and O–H groups in total. The molecule has 0 amide bonds. The zero-order chi connectivity index (χ0) is 24.4. The highest BCUT2D eigenvalue weighted by molar-refractivity contribution is 5.27. The van der Waals surface area contributed by atoms with Gasteiger partial charge in [-0.25, -0.2) is 0 Å². The quantitative estimate of drug-likeness (QED) is 0.317. The van der Waals surface area contributed by atoms with Crippen LogP contribution in [-0.2, 0) is 0 Å². The van der Waals surface area contributed by atoms with Crippen molar-refractivity contribution in [3.63, 3.8) is 0 Å². The van der Waals surface area contributed by atoms with E-state index in [2.05, 4.69) is 25.7 Å². The van der Waals surface area contributed by atoms with Gasteiger partial charge in [-0.05, 0) is 101 Å². The van der Waals surface area contributed by atoms with Gasteiger partial charge < -0.3 is 10.2 Å². The molecule has 0 saturated heterocycles. The van der Waals surface area contributed by atoms with Gasteiger partial charge in [-0.3, -0.25) is 0 Å². The Balaban J connectivity index is 0.00000121. The Bertz CT molecular complexity index is 621. The monoisotopic (exact) mass is 446 g/mol. The standard InChI is InChI=1S/C26H42O2.2C2H6/c1-19-10-11-20(18-24(19)27)12-13-21-8-7-17-26(4)22(14-15-23(21)26)9-5-6-16-25(2,3)28;2*1-2/h12-13,22-24,27-28H,1,5-11,14-18H2,2-4H3;2*1-2H3/b20-12-,21-13+;;/t22?,23?,24-,26-;;/m1../s1. The van der Waals surface area contributed by atoms with Gasteiger partial charge in [-0.2, -0.15) is 0 Å². The summed E-state index contributed by atoms with van der Waals surface area (Å²) in [5, 5.41) is 20.0. The van der Waals surface area contributed by atoms with E-state index in [1.165, 1.54) is 50.5 Å². The van der Waals surface area contributed by atoms with Crippen LogP contribution >= 0.6 is 0 Å². The molecule has 0 heterocycles. The summed E-state index contributed by atoms with van der Waals surface area (Å²) in [5.41, 5.74) is 4.01. The van der Waals surface area contributed by atoms with Gasteiger partial charge in [-0.15, -0.1) is 0 Å². The van der Waals surface area contributed by atoms with Gasteiger partial charge in [0.1, 0.15) is 0 Å². The summed E-state index contributed by atoms with van der Waals surface area (Å²) >= 11 is 0. The first-order valence-electron chi connectivity index (χ1n) is 13.7. The SMILES string of the molecule is C=C1CC/C(=C/C=C2\CCC[C@]3(C)C(CCCCC(C)(C)O)CCC23)C[C@H]1O.CC.CC. The molecule has 0 radical (unpaired) electrons. The van der Waals surface area contributed by atoms with Crippen LogP contribution in [0, 0.1) is 17.3 Å². The van der Waals surface area contributed by atoms with E-state index in [9.17, 15) is 10.2 Å². The highest BCUT2D eigenvalue weighted by Gasteiger charge is 2.48. The number of fused-ring (bicyclic) bond motifs is 1. The third-order valence-electron chi connectivity index (χ3n) is 7.98. The van der Waals surface area contributed by atoms with Crippen LogP contribution in [0.2, 0.25) is 0 Å². The summed E-state index contributed by atoms with van der Waals surface area (Å²) in [5.74, 6) is 1.59. The maximum absolute atomic E-state index is 10.1. The molecule has 3 rings (SSSR count). The highest BCUT2D eigenvalue weighted by atomic mass is 16.3. The van der Waals surface area contributed by atoms with Crippen molar-refractivity contribution in [2.45, 2.75) is 137 Å². The molecule has 32 heavy (non-hydrogen) atoms. The van der Waals surface area contributed by atoms with Gasteiger partial charge >= 0.3 is 0 Å². The van der Waals surface area contributed by atoms with Crippen molar-refractivity contribution in [2.75, 3.05) is 0 Å². The first kappa shape index (κ1) is 29.2. The zero-order valence-corrected chi connectivity index (χ0v) is 22.5. The third kappa shape index (κ3) is 8.17. The minimum atomic E-state index is -0.518. The molecule has 3 saturated carbocycles. The zero-order valence-electron chi connectivity index (χ0n) is 22.5. The van der Waals surface area contributed by atoms with Crippen molar-refractivity contribution in [3.8, 4) is 0 Å². The lowest BCUT2D eigenvalue weighted by atomic mass is 9.62. The van der Waals surface area contributed by atoms with Crippen LogP contribution in [0.25, 0.3) is 0 Å². The fourth-order valence-electron chi connectivity index (χ4n) is 6.13. The maximum Gasteiger partial charge on any atom is 0.0784 e. The van der Waals surface area contributed by atoms with E-state index in [4.69, 9.17) is 0 Å². The largest absolute Gasteiger partial charge is 0.390 e. The molecule has 4 atom stereocenters. The summed E-state index contributed by atoms with van der Waals surface area (Å²) in [6, 6.07) is 0. The molecule has 0 spiro atoms. The molecule has 186 valence electrons. The summed E-state index contributed by atoms with van der Waals surface area (Å²) in [4.78, 5) is 0. The van der Waals surface area contributed by atoms with Crippen molar-refractivity contribution in [2.24, 2.45) is 17.3 Å². The lowest BCUT2D eigenvalue weighted by Crippen LogP contribution is -2.33. The van der Waals surface area contributed by atoms with Crippen molar-refractivity contribution in [1.82, 2.24) is 0 Å². The summed E-state index contributed by atoms with van der Waals surface area (Å²) in [6.07, 6.45) is 18.5. The minimum absolute atomic E-state index is 0.338. The molecular formula is C30H54O2. The topological polar surface area (TPSA) is 40.5 Å². The van der Waals surface area contributed by atoms with Crippen LogP contribution in [0.1, 0.15) is 126 Å². The van der Waals surface area contributed by atoms with Crippen LogP contribution in [0.15, 0.2) is 35.5 Å². The average molecular weight is 447 g/mol. The van der Waals surface area contributed by atoms with Gasteiger partial charge in [-0.1, -0.05) is 77.3 Å². The number of unbranched alkanes of at least 4 members (excludes halogenated alkanes) is 1. The number of hydrogen-bond acceptors (Lipinski definition) is 2. The molecular weight excluding hydrogens is 392 g/mol. The van der Waals surface area contributed by atoms with E-state index >= 15 is 0 Å². The van der Waals surface area contributed by atoms with Crippen LogP contribution in [-0.4, -0.2) is 21.9 Å². The Labute approximate surface area is 200 Å².